The zero-order valence-corrected chi connectivity index (χ0v) is 8.18. The number of hydrogen-bond donors (Lipinski definition) is 1. The quantitative estimate of drug-likeness (QED) is 0.770. The summed E-state index contributed by atoms with van der Waals surface area (Å²) in [6.07, 6.45) is 1.55. The number of aromatic nitrogens is 1. The molecule has 2 aromatic rings. The molecule has 0 radical (unpaired) electrons. The summed E-state index contributed by atoms with van der Waals surface area (Å²) in [6.45, 7) is 0. The molecule has 13 heavy (non-hydrogen) atoms. The Labute approximate surface area is 82.7 Å². The second-order valence-electron chi connectivity index (χ2n) is 2.69. The molecule has 0 atom stereocenters. The van der Waals surface area contributed by atoms with Crippen LogP contribution in [0.15, 0.2) is 28.9 Å². The van der Waals surface area contributed by atoms with Gasteiger partial charge in [-0.05, 0) is 28.1 Å². The van der Waals surface area contributed by atoms with E-state index in [1.165, 1.54) is 12.1 Å². The van der Waals surface area contributed by atoms with E-state index < -0.39 is 0 Å². The molecule has 1 aromatic carbocycles. The van der Waals surface area contributed by atoms with Crippen molar-refractivity contribution in [3.8, 4) is 0 Å². The summed E-state index contributed by atoms with van der Waals surface area (Å²) in [6, 6.07) is 4.49. The van der Waals surface area contributed by atoms with Crippen molar-refractivity contribution in [3.63, 3.8) is 0 Å². The summed E-state index contributed by atoms with van der Waals surface area (Å²) < 4.78 is 13.5. The zero-order chi connectivity index (χ0) is 9.42. The average molecular weight is 241 g/mol. The van der Waals surface area contributed by atoms with Crippen LogP contribution < -0.4 is 5.73 Å². The molecule has 0 bridgehead atoms. The van der Waals surface area contributed by atoms with E-state index in [0.717, 1.165) is 10.8 Å². The second-order valence-corrected chi connectivity index (χ2v) is 3.48. The van der Waals surface area contributed by atoms with Crippen molar-refractivity contribution in [2.75, 3.05) is 5.73 Å². The van der Waals surface area contributed by atoms with Crippen LogP contribution in [0.4, 0.5) is 10.2 Å². The smallest absolute Gasteiger partial charge is 0.138 e. The van der Waals surface area contributed by atoms with Crippen molar-refractivity contribution in [2.24, 2.45) is 0 Å². The first kappa shape index (κ1) is 8.44. The Morgan fingerprint density at radius 1 is 1.38 bits per heavy atom. The number of nitrogens with zero attached hydrogens (tertiary/aromatic N) is 1. The highest BCUT2D eigenvalue weighted by molar-refractivity contribution is 9.10. The lowest BCUT2D eigenvalue weighted by molar-refractivity contribution is 0.629. The lowest BCUT2D eigenvalue weighted by Gasteiger charge is -2.02. The molecular weight excluding hydrogens is 235 g/mol. The molecule has 0 aliphatic heterocycles. The minimum atomic E-state index is -0.272. The van der Waals surface area contributed by atoms with Gasteiger partial charge < -0.3 is 5.73 Å². The number of rotatable bonds is 0. The average Bonchev–Trinajstić information content (AvgIpc) is 2.12. The highest BCUT2D eigenvalue weighted by atomic mass is 79.9. The van der Waals surface area contributed by atoms with Gasteiger partial charge in [0.15, 0.2) is 0 Å². The molecule has 2 rings (SSSR count). The van der Waals surface area contributed by atoms with Gasteiger partial charge in [0.2, 0.25) is 0 Å². The topological polar surface area (TPSA) is 38.9 Å². The predicted molar refractivity (Wildman–Crippen MR) is 53.8 cm³/mol. The van der Waals surface area contributed by atoms with E-state index in [1.807, 2.05) is 0 Å². The normalized spacial score (nSPS) is 10.6. The molecule has 0 amide bonds. The number of nitrogens with two attached hydrogens (primary N) is 1. The Morgan fingerprint density at radius 2 is 2.15 bits per heavy atom. The lowest BCUT2D eigenvalue weighted by Crippen LogP contribution is -1.91. The van der Waals surface area contributed by atoms with E-state index in [0.29, 0.717) is 10.3 Å². The van der Waals surface area contributed by atoms with Gasteiger partial charge in [0.25, 0.3) is 0 Å². The fourth-order valence-corrected chi connectivity index (χ4v) is 1.64. The second kappa shape index (κ2) is 2.96. The molecule has 1 heterocycles. The highest BCUT2D eigenvalue weighted by Gasteiger charge is 2.03. The van der Waals surface area contributed by atoms with Crippen LogP contribution in [0.5, 0.6) is 0 Å². The van der Waals surface area contributed by atoms with Crippen LogP contribution in [0.2, 0.25) is 0 Å². The molecule has 0 saturated heterocycles. The maximum absolute atomic E-state index is 12.8. The number of nitrogen functional groups attached to an aromatic ring is 1. The summed E-state index contributed by atoms with van der Waals surface area (Å²) >= 11 is 3.30. The molecule has 0 saturated carbocycles. The Morgan fingerprint density at radius 3 is 2.92 bits per heavy atom. The van der Waals surface area contributed by atoms with Gasteiger partial charge in [-0.15, -0.1) is 0 Å². The lowest BCUT2D eigenvalue weighted by atomic mass is 10.2. The van der Waals surface area contributed by atoms with Crippen molar-refractivity contribution in [3.05, 3.63) is 34.7 Å². The first-order valence-electron chi connectivity index (χ1n) is 3.68. The van der Waals surface area contributed by atoms with E-state index in [2.05, 4.69) is 20.9 Å². The number of halogens is 2. The molecule has 1 aromatic heterocycles. The summed E-state index contributed by atoms with van der Waals surface area (Å²) in [7, 11) is 0. The molecular formula is C9H6BrFN2. The molecule has 4 heteroatoms. The van der Waals surface area contributed by atoms with Crippen molar-refractivity contribution in [2.45, 2.75) is 0 Å². The third-order valence-corrected chi connectivity index (χ3v) is 2.65. The van der Waals surface area contributed by atoms with Gasteiger partial charge in [-0.25, -0.2) is 9.37 Å². The van der Waals surface area contributed by atoms with Crippen LogP contribution >= 0.6 is 15.9 Å². The molecule has 2 N–H and O–H groups in total. The van der Waals surface area contributed by atoms with Crippen LogP contribution in [0.1, 0.15) is 0 Å². The molecule has 0 spiro atoms. The van der Waals surface area contributed by atoms with Crippen LogP contribution in [-0.4, -0.2) is 4.98 Å². The van der Waals surface area contributed by atoms with Gasteiger partial charge in [-0.1, -0.05) is 6.07 Å². The fourth-order valence-electron chi connectivity index (χ4n) is 1.17. The van der Waals surface area contributed by atoms with Crippen LogP contribution in [0, 0.1) is 5.82 Å². The number of anilines is 1. The van der Waals surface area contributed by atoms with E-state index in [-0.39, 0.29) is 5.82 Å². The maximum Gasteiger partial charge on any atom is 0.138 e. The van der Waals surface area contributed by atoms with Gasteiger partial charge >= 0.3 is 0 Å². The minimum absolute atomic E-state index is 0.272. The van der Waals surface area contributed by atoms with Gasteiger partial charge in [-0.3, -0.25) is 0 Å². The summed E-state index contributed by atoms with van der Waals surface area (Å²) in [5.74, 6) is 0.144. The standard InChI is InChI=1S/C9H6BrFN2/c10-8-7-2-1-6(11)3-5(7)4-13-9(8)12/h1-4H,(H2,12,13). The molecule has 0 aliphatic carbocycles. The van der Waals surface area contributed by atoms with Crippen molar-refractivity contribution in [1.29, 1.82) is 0 Å². The van der Waals surface area contributed by atoms with E-state index >= 15 is 0 Å². The first-order valence-corrected chi connectivity index (χ1v) is 4.47. The van der Waals surface area contributed by atoms with Gasteiger partial charge in [-0.2, -0.15) is 0 Å². The van der Waals surface area contributed by atoms with Crippen LogP contribution in [0.3, 0.4) is 0 Å². The van der Waals surface area contributed by atoms with Gasteiger partial charge in [0, 0.05) is 17.0 Å². The van der Waals surface area contributed by atoms with Gasteiger partial charge in [0.05, 0.1) is 4.47 Å². The minimum Gasteiger partial charge on any atom is -0.383 e. The number of hydrogen-bond acceptors (Lipinski definition) is 2. The largest absolute Gasteiger partial charge is 0.383 e. The van der Waals surface area contributed by atoms with E-state index in [4.69, 9.17) is 5.73 Å². The SMILES string of the molecule is Nc1ncc2cc(F)ccc2c1Br. The number of fused-ring (bicyclic) bond motifs is 1. The monoisotopic (exact) mass is 240 g/mol. The third-order valence-electron chi connectivity index (χ3n) is 1.82. The van der Waals surface area contributed by atoms with Crippen LogP contribution in [-0.2, 0) is 0 Å². The first-order chi connectivity index (χ1) is 6.18. The molecule has 0 unspecified atom stereocenters. The summed E-state index contributed by atoms with van der Waals surface area (Å²) in [5.41, 5.74) is 5.57. The van der Waals surface area contributed by atoms with E-state index in [9.17, 15) is 4.39 Å². The fraction of sp³-hybridized carbons (Fsp3) is 0. The predicted octanol–water partition coefficient (Wildman–Crippen LogP) is 2.72. The third kappa shape index (κ3) is 1.37. The van der Waals surface area contributed by atoms with Crippen LogP contribution in [0.25, 0.3) is 10.8 Å². The Hall–Kier alpha value is -1.16. The Bertz CT molecular complexity index is 470. The summed E-state index contributed by atoms with van der Waals surface area (Å²) in [5, 5.41) is 1.61. The number of pyridine rings is 1. The van der Waals surface area contributed by atoms with Crippen molar-refractivity contribution >= 4 is 32.5 Å². The molecule has 0 aliphatic rings. The maximum atomic E-state index is 12.8. The Balaban J connectivity index is 2.87. The van der Waals surface area contributed by atoms with Crippen molar-refractivity contribution < 1.29 is 4.39 Å². The summed E-state index contributed by atoms with van der Waals surface area (Å²) in [4.78, 5) is 3.91. The molecule has 0 fully saturated rings. The Kier molecular flexibility index (Phi) is 1.92. The molecule has 2 nitrogen and oxygen atoms in total. The van der Waals surface area contributed by atoms with Gasteiger partial charge in [0.1, 0.15) is 11.6 Å². The molecule has 66 valence electrons. The zero-order valence-electron chi connectivity index (χ0n) is 6.59. The van der Waals surface area contributed by atoms with Crippen molar-refractivity contribution in [1.82, 2.24) is 4.98 Å². The number of benzene rings is 1. The highest BCUT2D eigenvalue weighted by Crippen LogP contribution is 2.27. The van der Waals surface area contributed by atoms with E-state index in [1.54, 1.807) is 12.3 Å².